The van der Waals surface area contributed by atoms with Gasteiger partial charge in [0.1, 0.15) is 0 Å². The van der Waals surface area contributed by atoms with Gasteiger partial charge in [0.15, 0.2) is 5.82 Å². The Bertz CT molecular complexity index is 830. The van der Waals surface area contributed by atoms with E-state index in [0.29, 0.717) is 49.1 Å². The number of likely N-dealkylation sites (N-methyl/N-ethyl adjacent to an activating group) is 1. The van der Waals surface area contributed by atoms with E-state index in [1.807, 2.05) is 7.05 Å². The molecule has 0 radical (unpaired) electrons. The molecular formula is C17H23ClN4O3S. The zero-order valence-corrected chi connectivity index (χ0v) is 16.4. The molecule has 1 unspecified atom stereocenters. The van der Waals surface area contributed by atoms with Crippen molar-refractivity contribution in [3.05, 3.63) is 41.0 Å². The van der Waals surface area contributed by atoms with Crippen molar-refractivity contribution in [3.63, 3.8) is 0 Å². The fourth-order valence-corrected chi connectivity index (χ4v) is 4.59. The highest BCUT2D eigenvalue weighted by Gasteiger charge is 2.32. The van der Waals surface area contributed by atoms with Crippen molar-refractivity contribution in [1.29, 1.82) is 0 Å². The molecular weight excluding hydrogens is 376 g/mol. The average Bonchev–Trinajstić information content (AvgIpc) is 3.10. The minimum atomic E-state index is -3.50. The first-order valence-electron chi connectivity index (χ1n) is 8.65. The minimum absolute atomic E-state index is 0.0952. The number of hydrogen-bond acceptors (Lipinski definition) is 6. The van der Waals surface area contributed by atoms with Gasteiger partial charge in [-0.05, 0) is 51.1 Å². The van der Waals surface area contributed by atoms with Crippen molar-refractivity contribution in [1.82, 2.24) is 19.8 Å². The molecule has 0 amide bonds. The Labute approximate surface area is 158 Å². The molecule has 1 aliphatic heterocycles. The van der Waals surface area contributed by atoms with E-state index in [0.717, 1.165) is 0 Å². The molecule has 0 bridgehead atoms. The molecule has 9 heteroatoms. The first-order chi connectivity index (χ1) is 12.4. The predicted octanol–water partition coefficient (Wildman–Crippen LogP) is 2.44. The van der Waals surface area contributed by atoms with Crippen molar-refractivity contribution in [2.24, 2.45) is 0 Å². The Hall–Kier alpha value is -1.48. The summed E-state index contributed by atoms with van der Waals surface area (Å²) in [5, 5.41) is 7.69. The van der Waals surface area contributed by atoms with Crippen molar-refractivity contribution in [2.75, 3.05) is 20.1 Å². The molecule has 1 N–H and O–H groups in total. The SMILES string of the molecule is CNC(C)Cc1noc(C2CCN(S(=O)(=O)c3ccc(Cl)cc3)CC2)n1. The quantitative estimate of drug-likeness (QED) is 0.803. The van der Waals surface area contributed by atoms with Crippen LogP contribution in [0.3, 0.4) is 0 Å². The number of aromatic nitrogens is 2. The molecule has 3 rings (SSSR count). The summed E-state index contributed by atoms with van der Waals surface area (Å²) in [4.78, 5) is 4.74. The van der Waals surface area contributed by atoms with Crippen LogP contribution in [0.25, 0.3) is 0 Å². The van der Waals surface area contributed by atoms with Crippen LogP contribution in [-0.4, -0.2) is 49.0 Å². The Kier molecular flexibility index (Phi) is 5.96. The third-order valence-electron chi connectivity index (χ3n) is 4.72. The third kappa shape index (κ3) is 4.25. The number of rotatable bonds is 6. The van der Waals surface area contributed by atoms with Gasteiger partial charge in [-0.25, -0.2) is 8.42 Å². The van der Waals surface area contributed by atoms with Crippen LogP contribution in [0.5, 0.6) is 0 Å². The van der Waals surface area contributed by atoms with Gasteiger partial charge in [0.05, 0.1) is 4.90 Å². The minimum Gasteiger partial charge on any atom is -0.339 e. The molecule has 2 heterocycles. The van der Waals surface area contributed by atoms with E-state index in [9.17, 15) is 8.42 Å². The molecule has 0 saturated carbocycles. The predicted molar refractivity (Wildman–Crippen MR) is 98.7 cm³/mol. The lowest BCUT2D eigenvalue weighted by atomic mass is 9.98. The van der Waals surface area contributed by atoms with E-state index in [4.69, 9.17) is 16.1 Å². The van der Waals surface area contributed by atoms with Crippen molar-refractivity contribution in [3.8, 4) is 0 Å². The average molecular weight is 399 g/mol. The number of nitrogens with one attached hydrogen (secondary N) is 1. The van der Waals surface area contributed by atoms with E-state index in [-0.39, 0.29) is 16.9 Å². The number of sulfonamides is 1. The molecule has 142 valence electrons. The zero-order chi connectivity index (χ0) is 18.7. The van der Waals surface area contributed by atoms with Crippen LogP contribution in [0.1, 0.15) is 37.4 Å². The summed E-state index contributed by atoms with van der Waals surface area (Å²) in [5.74, 6) is 1.38. The summed E-state index contributed by atoms with van der Waals surface area (Å²) in [6.45, 7) is 2.91. The second kappa shape index (κ2) is 8.04. The van der Waals surface area contributed by atoms with Gasteiger partial charge in [-0.15, -0.1) is 0 Å². The van der Waals surface area contributed by atoms with Crippen LogP contribution >= 0.6 is 11.6 Å². The number of benzene rings is 1. The number of hydrogen-bond donors (Lipinski definition) is 1. The monoisotopic (exact) mass is 398 g/mol. The Morgan fingerprint density at radius 2 is 1.96 bits per heavy atom. The first kappa shape index (κ1) is 19.3. The Morgan fingerprint density at radius 1 is 1.31 bits per heavy atom. The topological polar surface area (TPSA) is 88.3 Å². The molecule has 7 nitrogen and oxygen atoms in total. The van der Waals surface area contributed by atoms with Gasteiger partial charge in [-0.1, -0.05) is 16.8 Å². The largest absolute Gasteiger partial charge is 0.339 e. The lowest BCUT2D eigenvalue weighted by Gasteiger charge is -2.29. The van der Waals surface area contributed by atoms with Crippen LogP contribution in [0, 0.1) is 0 Å². The summed E-state index contributed by atoms with van der Waals surface area (Å²) < 4.78 is 32.4. The maximum Gasteiger partial charge on any atom is 0.243 e. The maximum absolute atomic E-state index is 12.7. The van der Waals surface area contributed by atoms with E-state index in [1.54, 1.807) is 12.1 Å². The van der Waals surface area contributed by atoms with Crippen molar-refractivity contribution in [2.45, 2.75) is 43.0 Å². The molecule has 0 aliphatic carbocycles. The Morgan fingerprint density at radius 3 is 2.58 bits per heavy atom. The lowest BCUT2D eigenvalue weighted by Crippen LogP contribution is -2.37. The molecule has 1 aromatic carbocycles. The van der Waals surface area contributed by atoms with Gasteiger partial charge in [-0.3, -0.25) is 0 Å². The molecule has 1 fully saturated rings. The summed E-state index contributed by atoms with van der Waals surface area (Å²) in [6, 6.07) is 6.53. The molecule has 1 saturated heterocycles. The van der Waals surface area contributed by atoms with Gasteiger partial charge >= 0.3 is 0 Å². The highest BCUT2D eigenvalue weighted by molar-refractivity contribution is 7.89. The van der Waals surface area contributed by atoms with Crippen LogP contribution < -0.4 is 5.32 Å². The first-order valence-corrected chi connectivity index (χ1v) is 10.5. The summed E-state index contributed by atoms with van der Waals surface area (Å²) in [6.07, 6.45) is 2.02. The van der Waals surface area contributed by atoms with Crippen molar-refractivity contribution < 1.29 is 12.9 Å². The number of halogens is 1. The maximum atomic E-state index is 12.7. The second-order valence-corrected chi connectivity index (χ2v) is 8.95. The third-order valence-corrected chi connectivity index (χ3v) is 6.88. The molecule has 2 aromatic rings. The highest BCUT2D eigenvalue weighted by Crippen LogP contribution is 2.30. The van der Waals surface area contributed by atoms with Crippen LogP contribution in [0.2, 0.25) is 5.02 Å². The normalized spacial score (nSPS) is 18.1. The fraction of sp³-hybridized carbons (Fsp3) is 0.529. The molecule has 26 heavy (non-hydrogen) atoms. The highest BCUT2D eigenvalue weighted by atomic mass is 35.5. The molecule has 1 atom stereocenters. The van der Waals surface area contributed by atoms with Gasteiger partial charge in [0.25, 0.3) is 0 Å². The fourth-order valence-electron chi connectivity index (χ4n) is 2.99. The summed E-state index contributed by atoms with van der Waals surface area (Å²) in [7, 11) is -1.61. The van der Waals surface area contributed by atoms with Gasteiger partial charge < -0.3 is 9.84 Å². The van der Waals surface area contributed by atoms with E-state index >= 15 is 0 Å². The van der Waals surface area contributed by atoms with Crippen LogP contribution in [0.15, 0.2) is 33.7 Å². The summed E-state index contributed by atoms with van der Waals surface area (Å²) >= 11 is 5.84. The Balaban J connectivity index is 1.63. The molecule has 0 spiro atoms. The van der Waals surface area contributed by atoms with Gasteiger partial charge in [0.2, 0.25) is 15.9 Å². The lowest BCUT2D eigenvalue weighted by molar-refractivity contribution is 0.270. The standard InChI is InChI=1S/C17H23ClN4O3S/c1-12(19-2)11-16-20-17(25-21-16)13-7-9-22(10-8-13)26(23,24)15-5-3-14(18)4-6-15/h3-6,12-13,19H,7-11H2,1-2H3. The molecule has 1 aliphatic rings. The van der Waals surface area contributed by atoms with Crippen molar-refractivity contribution >= 4 is 21.6 Å². The number of piperidine rings is 1. The molecule has 1 aromatic heterocycles. The number of nitrogens with zero attached hydrogens (tertiary/aromatic N) is 3. The van der Waals surface area contributed by atoms with Crippen LogP contribution in [0.4, 0.5) is 0 Å². The van der Waals surface area contributed by atoms with E-state index < -0.39 is 10.0 Å². The summed E-state index contributed by atoms with van der Waals surface area (Å²) in [5.41, 5.74) is 0. The zero-order valence-electron chi connectivity index (χ0n) is 14.9. The smallest absolute Gasteiger partial charge is 0.243 e. The van der Waals surface area contributed by atoms with E-state index in [2.05, 4.69) is 22.4 Å². The van der Waals surface area contributed by atoms with Gasteiger partial charge in [0, 0.05) is 36.5 Å². The second-order valence-electron chi connectivity index (χ2n) is 6.57. The van der Waals surface area contributed by atoms with E-state index in [1.165, 1.54) is 16.4 Å². The van der Waals surface area contributed by atoms with Gasteiger partial charge in [-0.2, -0.15) is 9.29 Å². The van der Waals surface area contributed by atoms with Crippen LogP contribution in [-0.2, 0) is 16.4 Å².